The number of hydrogen-bond donors (Lipinski definition) is 2. The van der Waals surface area contributed by atoms with Crippen molar-refractivity contribution in [1.29, 1.82) is 0 Å². The summed E-state index contributed by atoms with van der Waals surface area (Å²) in [5, 5.41) is 3.42. The largest absolute Gasteiger partial charge is 0.469 e. The summed E-state index contributed by atoms with van der Waals surface area (Å²) in [4.78, 5) is 31.5. The highest BCUT2D eigenvalue weighted by Crippen LogP contribution is 2.27. The van der Waals surface area contributed by atoms with Crippen molar-refractivity contribution < 1.29 is 27.2 Å². The van der Waals surface area contributed by atoms with Crippen molar-refractivity contribution in [2.75, 3.05) is 0 Å². The van der Waals surface area contributed by atoms with Crippen LogP contribution in [-0.2, 0) is 17.4 Å². The molecule has 0 unspecified atom stereocenters. The van der Waals surface area contributed by atoms with E-state index in [0.717, 1.165) is 4.52 Å². The SMILES string of the molecule is Cc1nc2nc(C(F)(F)F)nn2c(C)c1CC(=O)NNC(=O)c1ccoc1C. The van der Waals surface area contributed by atoms with Crippen LogP contribution in [0.15, 0.2) is 16.7 Å². The number of amides is 2. The normalized spacial score (nSPS) is 11.6. The summed E-state index contributed by atoms with van der Waals surface area (Å²) in [6.07, 6.45) is -3.60. The van der Waals surface area contributed by atoms with Crippen molar-refractivity contribution in [1.82, 2.24) is 30.4 Å². The first-order valence-electron chi connectivity index (χ1n) is 8.01. The number of rotatable bonds is 3. The Bertz CT molecular complexity index is 1070. The summed E-state index contributed by atoms with van der Waals surface area (Å²) < 4.78 is 44.4. The molecule has 0 radical (unpaired) electrons. The zero-order valence-electron chi connectivity index (χ0n) is 15.0. The van der Waals surface area contributed by atoms with Crippen LogP contribution in [0, 0.1) is 20.8 Å². The standard InChI is InChI=1S/C16H15F3N6O3/c1-7-11(6-12(26)22-23-13(27)10-4-5-28-9(10)3)8(2)25-15(20-7)21-14(24-25)16(17,18)19/h4-5H,6H2,1-3H3,(H,22,26)(H,23,27). The third-order valence-corrected chi connectivity index (χ3v) is 4.06. The first kappa shape index (κ1) is 19.3. The molecule has 9 nitrogen and oxygen atoms in total. The monoisotopic (exact) mass is 396 g/mol. The van der Waals surface area contributed by atoms with E-state index in [1.165, 1.54) is 19.3 Å². The van der Waals surface area contributed by atoms with Gasteiger partial charge in [-0.05, 0) is 26.8 Å². The summed E-state index contributed by atoms with van der Waals surface area (Å²) in [6.45, 7) is 4.65. The first-order chi connectivity index (χ1) is 13.1. The second-order valence-corrected chi connectivity index (χ2v) is 5.98. The number of aromatic nitrogens is 4. The maximum atomic E-state index is 12.8. The molecule has 0 spiro atoms. The number of hydrogen-bond acceptors (Lipinski definition) is 6. The maximum Gasteiger partial charge on any atom is 0.453 e. The van der Waals surface area contributed by atoms with Gasteiger partial charge in [0, 0.05) is 17.0 Å². The van der Waals surface area contributed by atoms with Crippen LogP contribution >= 0.6 is 0 Å². The van der Waals surface area contributed by atoms with Gasteiger partial charge in [-0.1, -0.05) is 0 Å². The molecule has 0 bridgehead atoms. The molecule has 0 fully saturated rings. The Morgan fingerprint density at radius 3 is 2.50 bits per heavy atom. The van der Waals surface area contributed by atoms with Gasteiger partial charge in [-0.3, -0.25) is 20.4 Å². The van der Waals surface area contributed by atoms with E-state index in [0.29, 0.717) is 17.0 Å². The predicted octanol–water partition coefficient (Wildman–Crippen LogP) is 1.67. The van der Waals surface area contributed by atoms with Crippen LogP contribution < -0.4 is 10.9 Å². The van der Waals surface area contributed by atoms with Crippen LogP contribution in [0.2, 0.25) is 0 Å². The molecule has 0 saturated carbocycles. The van der Waals surface area contributed by atoms with Crippen LogP contribution in [-0.4, -0.2) is 31.4 Å². The van der Waals surface area contributed by atoms with Crippen molar-refractivity contribution in [3.8, 4) is 0 Å². The van der Waals surface area contributed by atoms with Gasteiger partial charge in [-0.25, -0.2) is 9.50 Å². The highest BCUT2D eigenvalue weighted by atomic mass is 19.4. The molecule has 2 amide bonds. The number of halogens is 3. The van der Waals surface area contributed by atoms with Crippen LogP contribution in [0.5, 0.6) is 0 Å². The van der Waals surface area contributed by atoms with Crippen LogP contribution in [0.1, 0.15) is 38.9 Å². The van der Waals surface area contributed by atoms with Crippen molar-refractivity contribution in [3.63, 3.8) is 0 Å². The molecule has 3 heterocycles. The van der Waals surface area contributed by atoms with Crippen molar-refractivity contribution in [2.45, 2.75) is 33.4 Å². The maximum absolute atomic E-state index is 12.8. The van der Waals surface area contributed by atoms with Crippen molar-refractivity contribution >= 4 is 17.6 Å². The minimum atomic E-state index is -4.71. The van der Waals surface area contributed by atoms with Gasteiger partial charge in [0.25, 0.3) is 17.5 Å². The molecule has 3 aromatic heterocycles. The molecule has 0 aromatic carbocycles. The van der Waals surface area contributed by atoms with E-state index in [1.54, 1.807) is 13.8 Å². The molecular weight excluding hydrogens is 381 g/mol. The average Bonchev–Trinajstić information content (AvgIpc) is 3.22. The van der Waals surface area contributed by atoms with Gasteiger partial charge in [-0.15, -0.1) is 5.10 Å². The summed E-state index contributed by atoms with van der Waals surface area (Å²) in [7, 11) is 0. The molecule has 3 aromatic rings. The molecule has 0 aliphatic rings. The number of nitrogens with one attached hydrogen (secondary N) is 2. The van der Waals surface area contributed by atoms with E-state index >= 15 is 0 Å². The number of aryl methyl sites for hydroxylation is 3. The number of fused-ring (bicyclic) bond motifs is 1. The summed E-state index contributed by atoms with van der Waals surface area (Å²) in [5.41, 5.74) is 5.74. The molecule has 0 atom stereocenters. The van der Waals surface area contributed by atoms with Crippen LogP contribution in [0.4, 0.5) is 13.2 Å². The lowest BCUT2D eigenvalue weighted by Crippen LogP contribution is -2.42. The molecule has 0 aliphatic heterocycles. The first-order valence-corrected chi connectivity index (χ1v) is 8.01. The fourth-order valence-electron chi connectivity index (χ4n) is 2.60. The number of alkyl halides is 3. The van der Waals surface area contributed by atoms with E-state index in [-0.39, 0.29) is 23.5 Å². The molecular formula is C16H15F3N6O3. The van der Waals surface area contributed by atoms with E-state index < -0.39 is 23.8 Å². The quantitative estimate of drug-likeness (QED) is 0.651. The fraction of sp³-hybridized carbons (Fsp3) is 0.312. The summed E-state index contributed by atoms with van der Waals surface area (Å²) in [5.74, 6) is -2.28. The Balaban J connectivity index is 1.77. The molecule has 3 rings (SSSR count). The highest BCUT2D eigenvalue weighted by Gasteiger charge is 2.37. The number of carbonyl (C=O) groups is 2. The lowest BCUT2D eigenvalue weighted by atomic mass is 10.1. The summed E-state index contributed by atoms with van der Waals surface area (Å²) in [6, 6.07) is 1.45. The predicted molar refractivity (Wildman–Crippen MR) is 88.0 cm³/mol. The van der Waals surface area contributed by atoms with E-state index in [2.05, 4.69) is 25.9 Å². The highest BCUT2D eigenvalue weighted by molar-refractivity contribution is 5.96. The Hall–Kier alpha value is -3.44. The lowest BCUT2D eigenvalue weighted by molar-refractivity contribution is -0.144. The van der Waals surface area contributed by atoms with Gasteiger partial charge >= 0.3 is 6.18 Å². The van der Waals surface area contributed by atoms with Gasteiger partial charge in [0.1, 0.15) is 5.76 Å². The smallest absolute Gasteiger partial charge is 0.453 e. The van der Waals surface area contributed by atoms with Crippen molar-refractivity contribution in [2.24, 2.45) is 0 Å². The van der Waals surface area contributed by atoms with Gasteiger partial charge in [-0.2, -0.15) is 18.2 Å². The fourth-order valence-corrected chi connectivity index (χ4v) is 2.60. The van der Waals surface area contributed by atoms with Crippen LogP contribution in [0.3, 0.4) is 0 Å². The van der Waals surface area contributed by atoms with Gasteiger partial charge < -0.3 is 4.42 Å². The molecule has 0 saturated heterocycles. The minimum Gasteiger partial charge on any atom is -0.469 e. The van der Waals surface area contributed by atoms with Crippen LogP contribution in [0.25, 0.3) is 5.78 Å². The Morgan fingerprint density at radius 1 is 1.18 bits per heavy atom. The second kappa shape index (κ2) is 6.94. The molecule has 2 N–H and O–H groups in total. The Kier molecular flexibility index (Phi) is 4.79. The third kappa shape index (κ3) is 3.66. The number of nitrogens with zero attached hydrogens (tertiary/aromatic N) is 4. The lowest BCUT2D eigenvalue weighted by Gasteiger charge is -2.11. The summed E-state index contributed by atoms with van der Waals surface area (Å²) >= 11 is 0. The Morgan fingerprint density at radius 2 is 1.89 bits per heavy atom. The zero-order chi connectivity index (χ0) is 20.6. The molecule has 148 valence electrons. The van der Waals surface area contributed by atoms with Gasteiger partial charge in [0.05, 0.1) is 18.2 Å². The molecule has 12 heteroatoms. The zero-order valence-corrected chi connectivity index (χ0v) is 15.0. The second-order valence-electron chi connectivity index (χ2n) is 5.98. The van der Waals surface area contributed by atoms with E-state index in [1.807, 2.05) is 0 Å². The number of hydrazine groups is 1. The van der Waals surface area contributed by atoms with Crippen molar-refractivity contribution in [3.05, 3.63) is 46.4 Å². The van der Waals surface area contributed by atoms with Gasteiger partial charge in [0.2, 0.25) is 5.91 Å². The topological polar surface area (TPSA) is 114 Å². The molecule has 0 aliphatic carbocycles. The van der Waals surface area contributed by atoms with E-state index in [9.17, 15) is 22.8 Å². The third-order valence-electron chi connectivity index (χ3n) is 4.06. The van der Waals surface area contributed by atoms with Gasteiger partial charge in [0.15, 0.2) is 0 Å². The minimum absolute atomic E-state index is 0.213. The average molecular weight is 396 g/mol. The Labute approximate surface area is 155 Å². The van der Waals surface area contributed by atoms with E-state index in [4.69, 9.17) is 4.42 Å². The number of furan rings is 1. The number of carbonyl (C=O) groups excluding carboxylic acids is 2. The molecule has 28 heavy (non-hydrogen) atoms.